The van der Waals surface area contributed by atoms with Crippen molar-refractivity contribution in [2.45, 2.75) is 24.1 Å². The van der Waals surface area contributed by atoms with Gasteiger partial charge in [-0.1, -0.05) is 37.3 Å². The summed E-state index contributed by atoms with van der Waals surface area (Å²) in [5, 5.41) is 7.15. The van der Waals surface area contributed by atoms with Crippen LogP contribution in [0.15, 0.2) is 48.7 Å². The molecule has 1 aliphatic heterocycles. The van der Waals surface area contributed by atoms with Crippen molar-refractivity contribution in [3.05, 3.63) is 54.2 Å². The first-order valence-corrected chi connectivity index (χ1v) is 7.46. The first kappa shape index (κ1) is 13.3. The van der Waals surface area contributed by atoms with Crippen LogP contribution in [0.1, 0.15) is 18.4 Å². The Balaban J connectivity index is 1.74. The maximum atomic E-state index is 4.84. The molecule has 0 saturated carbocycles. The Bertz CT molecular complexity index is 573. The third kappa shape index (κ3) is 2.61. The van der Waals surface area contributed by atoms with E-state index in [-0.39, 0.29) is 11.3 Å². The second-order valence-corrected chi connectivity index (χ2v) is 5.82. The van der Waals surface area contributed by atoms with E-state index in [1.165, 1.54) is 5.56 Å². The zero-order valence-corrected chi connectivity index (χ0v) is 12.3. The van der Waals surface area contributed by atoms with Gasteiger partial charge in [-0.2, -0.15) is 12.6 Å². The molecule has 0 saturated heterocycles. The summed E-state index contributed by atoms with van der Waals surface area (Å²) in [6, 6.07) is 14.8. The van der Waals surface area contributed by atoms with Gasteiger partial charge in [-0.25, -0.2) is 4.98 Å². The highest BCUT2D eigenvalue weighted by Crippen LogP contribution is 2.30. The minimum atomic E-state index is 0.222. The van der Waals surface area contributed by atoms with Crippen LogP contribution in [0.25, 0.3) is 0 Å². The van der Waals surface area contributed by atoms with Crippen LogP contribution in [-0.2, 0) is 0 Å². The summed E-state index contributed by atoms with van der Waals surface area (Å²) >= 11 is 4.84. The summed E-state index contributed by atoms with van der Waals surface area (Å²) in [5.41, 5.74) is 2.39. The van der Waals surface area contributed by atoms with Gasteiger partial charge in [0.25, 0.3) is 0 Å². The minimum Gasteiger partial charge on any atom is -0.380 e. The van der Waals surface area contributed by atoms with Crippen LogP contribution in [0, 0.1) is 0 Å². The molecule has 0 bridgehead atoms. The lowest BCUT2D eigenvalue weighted by molar-refractivity contribution is 0.609. The molecule has 2 heterocycles. The van der Waals surface area contributed by atoms with E-state index in [1.54, 1.807) is 0 Å². The lowest BCUT2D eigenvalue weighted by Gasteiger charge is -2.34. The van der Waals surface area contributed by atoms with Gasteiger partial charge in [-0.05, 0) is 23.6 Å². The monoisotopic (exact) mass is 285 g/mol. The Labute approximate surface area is 125 Å². The third-order valence-corrected chi connectivity index (χ3v) is 4.70. The van der Waals surface area contributed by atoms with Gasteiger partial charge in [0.15, 0.2) is 0 Å². The van der Waals surface area contributed by atoms with Crippen LogP contribution >= 0.6 is 12.6 Å². The zero-order valence-electron chi connectivity index (χ0n) is 11.5. The van der Waals surface area contributed by atoms with Crippen LogP contribution < -0.4 is 10.6 Å². The van der Waals surface area contributed by atoms with Crippen molar-refractivity contribution in [1.82, 2.24) is 4.98 Å². The number of nitrogens with zero attached hydrogens (tertiary/aromatic N) is 1. The van der Waals surface area contributed by atoms with Gasteiger partial charge in [0, 0.05) is 18.0 Å². The molecule has 2 aromatic rings. The zero-order chi connectivity index (χ0) is 13.9. The molecular formula is C16H19N3S. The van der Waals surface area contributed by atoms with Gasteiger partial charge in [0.05, 0.1) is 11.7 Å². The van der Waals surface area contributed by atoms with Crippen molar-refractivity contribution in [1.29, 1.82) is 0 Å². The molecule has 0 unspecified atom stereocenters. The van der Waals surface area contributed by atoms with Crippen LogP contribution in [0.4, 0.5) is 11.5 Å². The molecule has 0 amide bonds. The Morgan fingerprint density at radius 1 is 1.20 bits per heavy atom. The summed E-state index contributed by atoms with van der Waals surface area (Å²) in [4.78, 5) is 4.38. The highest BCUT2D eigenvalue weighted by Gasteiger charge is 2.28. The van der Waals surface area contributed by atoms with E-state index in [9.17, 15) is 0 Å². The SMILES string of the molecule is C[C@@H](c1ccccc1)[C@H](S)[C@@H]1CNc2cccnc2N1. The van der Waals surface area contributed by atoms with Crippen molar-refractivity contribution < 1.29 is 0 Å². The fourth-order valence-electron chi connectivity index (χ4n) is 2.62. The van der Waals surface area contributed by atoms with E-state index in [0.29, 0.717) is 5.92 Å². The summed E-state index contributed by atoms with van der Waals surface area (Å²) < 4.78 is 0. The molecule has 1 aromatic heterocycles. The van der Waals surface area contributed by atoms with Crippen molar-refractivity contribution in [2.24, 2.45) is 0 Å². The summed E-state index contributed by atoms with van der Waals surface area (Å²) in [6.07, 6.45) is 1.81. The average molecular weight is 285 g/mol. The molecule has 1 aromatic carbocycles. The smallest absolute Gasteiger partial charge is 0.149 e. The van der Waals surface area contributed by atoms with Crippen molar-refractivity contribution in [2.75, 3.05) is 17.2 Å². The minimum absolute atomic E-state index is 0.222. The number of aromatic nitrogens is 1. The number of fused-ring (bicyclic) bond motifs is 1. The van der Waals surface area contributed by atoms with Gasteiger partial charge in [-0.15, -0.1) is 0 Å². The van der Waals surface area contributed by atoms with E-state index in [1.807, 2.05) is 24.4 Å². The quantitative estimate of drug-likeness (QED) is 0.757. The molecule has 0 aliphatic carbocycles. The first-order valence-electron chi connectivity index (χ1n) is 6.94. The molecule has 4 heteroatoms. The molecule has 0 radical (unpaired) electrons. The predicted octanol–water partition coefficient (Wildman–Crippen LogP) is 3.39. The fourth-order valence-corrected chi connectivity index (χ4v) is 2.97. The highest BCUT2D eigenvalue weighted by atomic mass is 32.1. The maximum Gasteiger partial charge on any atom is 0.149 e. The van der Waals surface area contributed by atoms with Crippen LogP contribution in [0.5, 0.6) is 0 Å². The molecule has 104 valence electrons. The lowest BCUT2D eigenvalue weighted by atomic mass is 9.92. The highest BCUT2D eigenvalue weighted by molar-refractivity contribution is 7.81. The summed E-state index contributed by atoms with van der Waals surface area (Å²) in [7, 11) is 0. The number of benzene rings is 1. The first-order chi connectivity index (χ1) is 9.75. The van der Waals surface area contributed by atoms with Crippen molar-refractivity contribution in [3.8, 4) is 0 Å². The second-order valence-electron chi connectivity index (χ2n) is 5.22. The van der Waals surface area contributed by atoms with Gasteiger partial charge in [0.2, 0.25) is 0 Å². The molecule has 20 heavy (non-hydrogen) atoms. The van der Waals surface area contributed by atoms with Crippen LogP contribution in [0.3, 0.4) is 0 Å². The molecule has 2 N–H and O–H groups in total. The Morgan fingerprint density at radius 2 is 2.00 bits per heavy atom. The summed E-state index contributed by atoms with van der Waals surface area (Å²) in [6.45, 7) is 3.09. The van der Waals surface area contributed by atoms with Gasteiger partial charge in [0.1, 0.15) is 5.82 Å². The maximum absolute atomic E-state index is 4.84. The van der Waals surface area contributed by atoms with E-state index in [0.717, 1.165) is 18.1 Å². The topological polar surface area (TPSA) is 37.0 Å². The number of hydrogen-bond donors (Lipinski definition) is 3. The third-order valence-electron chi connectivity index (χ3n) is 3.89. The van der Waals surface area contributed by atoms with Gasteiger partial charge in [-0.3, -0.25) is 0 Å². The van der Waals surface area contributed by atoms with Crippen molar-refractivity contribution >= 4 is 24.1 Å². The number of anilines is 2. The Hall–Kier alpha value is -1.68. The molecular weight excluding hydrogens is 266 g/mol. The molecule has 3 atom stereocenters. The second kappa shape index (κ2) is 5.75. The van der Waals surface area contributed by atoms with Crippen LogP contribution in [-0.4, -0.2) is 22.8 Å². The fraction of sp³-hybridized carbons (Fsp3) is 0.312. The number of pyridine rings is 1. The molecule has 0 spiro atoms. The summed E-state index contributed by atoms with van der Waals surface area (Å²) in [5.74, 6) is 1.30. The van der Waals surface area contributed by atoms with E-state index in [4.69, 9.17) is 12.6 Å². The number of thiol groups is 1. The largest absolute Gasteiger partial charge is 0.380 e. The van der Waals surface area contributed by atoms with E-state index in [2.05, 4.69) is 46.8 Å². The normalized spacial score (nSPS) is 20.2. The molecule has 3 nitrogen and oxygen atoms in total. The molecule has 1 aliphatic rings. The lowest BCUT2D eigenvalue weighted by Crippen LogP contribution is -2.42. The van der Waals surface area contributed by atoms with Crippen LogP contribution in [0.2, 0.25) is 0 Å². The van der Waals surface area contributed by atoms with Gasteiger partial charge >= 0.3 is 0 Å². The van der Waals surface area contributed by atoms with Gasteiger partial charge < -0.3 is 10.6 Å². The molecule has 0 fully saturated rings. The standard InChI is InChI=1S/C16H19N3S/c1-11(12-6-3-2-4-7-12)15(20)14-10-18-13-8-5-9-17-16(13)19-14/h2-9,11,14-15,18,20H,10H2,1H3,(H,17,19)/t11-,14-,15-/m0/s1. The predicted molar refractivity (Wildman–Crippen MR) is 87.8 cm³/mol. The number of rotatable bonds is 3. The number of hydrogen-bond acceptors (Lipinski definition) is 4. The molecule has 3 rings (SSSR count). The Kier molecular flexibility index (Phi) is 3.83. The van der Waals surface area contributed by atoms with Crippen molar-refractivity contribution in [3.63, 3.8) is 0 Å². The number of nitrogens with one attached hydrogen (secondary N) is 2. The van der Waals surface area contributed by atoms with E-state index < -0.39 is 0 Å². The Morgan fingerprint density at radius 3 is 2.80 bits per heavy atom. The van der Waals surface area contributed by atoms with E-state index >= 15 is 0 Å². The average Bonchev–Trinajstić information content (AvgIpc) is 2.54.